The number of amides is 1. The first-order valence-electron chi connectivity index (χ1n) is 5.76. The zero-order valence-corrected chi connectivity index (χ0v) is 9.94. The van der Waals surface area contributed by atoms with Crippen LogP contribution >= 0.6 is 0 Å². The van der Waals surface area contributed by atoms with Gasteiger partial charge in [-0.3, -0.25) is 10.2 Å². The Hall–Kier alpha value is -1.60. The Labute approximate surface area is 107 Å². The van der Waals surface area contributed by atoms with Crippen molar-refractivity contribution in [3.8, 4) is 0 Å². The predicted octanol–water partition coefficient (Wildman–Crippen LogP) is 1.48. The van der Waals surface area contributed by atoms with Crippen molar-refractivity contribution < 1.29 is 23.1 Å². The highest BCUT2D eigenvalue weighted by Gasteiger charge is 2.39. The van der Waals surface area contributed by atoms with Gasteiger partial charge in [0.15, 0.2) is 0 Å². The molecule has 1 aliphatic heterocycles. The quantitative estimate of drug-likeness (QED) is 0.877. The molecule has 1 unspecified atom stereocenters. The summed E-state index contributed by atoms with van der Waals surface area (Å²) in [6.07, 6.45) is -4.51. The maximum Gasteiger partial charge on any atom is 0.416 e. The zero-order chi connectivity index (χ0) is 14.0. The Morgan fingerprint density at radius 3 is 2.68 bits per heavy atom. The molecule has 7 heteroatoms. The van der Waals surface area contributed by atoms with E-state index in [-0.39, 0.29) is 31.0 Å². The van der Waals surface area contributed by atoms with Crippen LogP contribution in [-0.4, -0.2) is 29.2 Å². The third-order valence-corrected chi connectivity index (χ3v) is 2.99. The summed E-state index contributed by atoms with van der Waals surface area (Å²) in [5.41, 5.74) is 1.74. The number of alkyl halides is 3. The van der Waals surface area contributed by atoms with Gasteiger partial charge in [-0.05, 0) is 11.6 Å². The van der Waals surface area contributed by atoms with Crippen molar-refractivity contribution in [1.82, 2.24) is 10.4 Å². The SMILES string of the molecule is O=C1CC(c2ccccc2C(F)(F)F)N(CCO)N1. The third-order valence-electron chi connectivity index (χ3n) is 2.99. The standard InChI is InChI=1S/C12H13F3N2O2/c13-12(14,15)9-4-2-1-3-8(9)10-7-11(19)16-17(10)5-6-18/h1-4,10,18H,5-7H2,(H,16,19). The second-order valence-corrected chi connectivity index (χ2v) is 4.26. The molecule has 1 aromatic rings. The largest absolute Gasteiger partial charge is 0.416 e. The molecule has 1 saturated heterocycles. The van der Waals surface area contributed by atoms with E-state index >= 15 is 0 Å². The average molecular weight is 274 g/mol. The number of carbonyl (C=O) groups is 1. The number of rotatable bonds is 3. The van der Waals surface area contributed by atoms with Crippen molar-refractivity contribution >= 4 is 5.91 Å². The monoisotopic (exact) mass is 274 g/mol. The highest BCUT2D eigenvalue weighted by molar-refractivity contribution is 5.78. The number of hydrogen-bond donors (Lipinski definition) is 2. The van der Waals surface area contributed by atoms with Crippen molar-refractivity contribution in [2.45, 2.75) is 18.6 Å². The van der Waals surface area contributed by atoms with Crippen LogP contribution in [-0.2, 0) is 11.0 Å². The first-order chi connectivity index (χ1) is 8.93. The van der Waals surface area contributed by atoms with Gasteiger partial charge in [-0.25, -0.2) is 5.01 Å². The van der Waals surface area contributed by atoms with Gasteiger partial charge in [-0.15, -0.1) is 0 Å². The molecule has 1 amide bonds. The number of hydrogen-bond acceptors (Lipinski definition) is 3. The first kappa shape index (κ1) is 13.8. The van der Waals surface area contributed by atoms with E-state index in [2.05, 4.69) is 5.43 Å². The molecule has 0 saturated carbocycles. The number of nitrogens with one attached hydrogen (secondary N) is 1. The number of benzene rings is 1. The number of β-amino-alcohol motifs (C(OH)–C–C–N with tert-alkyl or cyclic N) is 1. The number of hydrazine groups is 1. The van der Waals surface area contributed by atoms with E-state index in [1.54, 1.807) is 0 Å². The van der Waals surface area contributed by atoms with E-state index in [1.807, 2.05) is 0 Å². The molecule has 0 aliphatic carbocycles. The Morgan fingerprint density at radius 2 is 2.05 bits per heavy atom. The van der Waals surface area contributed by atoms with E-state index in [0.29, 0.717) is 0 Å². The number of aliphatic hydroxyl groups excluding tert-OH is 1. The van der Waals surface area contributed by atoms with Crippen molar-refractivity contribution in [2.24, 2.45) is 0 Å². The Bertz CT molecular complexity index is 476. The van der Waals surface area contributed by atoms with Gasteiger partial charge in [-0.1, -0.05) is 18.2 Å². The summed E-state index contributed by atoms with van der Waals surface area (Å²) >= 11 is 0. The molecule has 104 valence electrons. The molecule has 1 aromatic carbocycles. The lowest BCUT2D eigenvalue weighted by Crippen LogP contribution is -2.37. The van der Waals surface area contributed by atoms with Crippen LogP contribution in [0.2, 0.25) is 0 Å². The molecule has 2 rings (SSSR count). The second-order valence-electron chi connectivity index (χ2n) is 4.26. The normalized spacial score (nSPS) is 20.6. The molecular formula is C12H13F3N2O2. The van der Waals surface area contributed by atoms with Crippen LogP contribution in [0.25, 0.3) is 0 Å². The van der Waals surface area contributed by atoms with Crippen molar-refractivity contribution in [3.05, 3.63) is 35.4 Å². The molecule has 0 bridgehead atoms. The summed E-state index contributed by atoms with van der Waals surface area (Å²) in [5, 5.41) is 10.2. The molecule has 0 radical (unpaired) electrons. The van der Waals surface area contributed by atoms with Gasteiger partial charge in [0.1, 0.15) is 0 Å². The van der Waals surface area contributed by atoms with Crippen LogP contribution in [0.15, 0.2) is 24.3 Å². The summed E-state index contributed by atoms with van der Waals surface area (Å²) < 4.78 is 38.8. The number of aliphatic hydroxyl groups is 1. The molecule has 1 atom stereocenters. The van der Waals surface area contributed by atoms with Crippen molar-refractivity contribution in [1.29, 1.82) is 0 Å². The van der Waals surface area contributed by atoms with E-state index in [4.69, 9.17) is 5.11 Å². The van der Waals surface area contributed by atoms with Gasteiger partial charge in [-0.2, -0.15) is 13.2 Å². The van der Waals surface area contributed by atoms with Gasteiger partial charge in [0, 0.05) is 13.0 Å². The fraction of sp³-hybridized carbons (Fsp3) is 0.417. The van der Waals surface area contributed by atoms with Crippen molar-refractivity contribution in [3.63, 3.8) is 0 Å². The minimum Gasteiger partial charge on any atom is -0.395 e. The van der Waals surface area contributed by atoms with Crippen LogP contribution in [0, 0.1) is 0 Å². The smallest absolute Gasteiger partial charge is 0.395 e. The van der Waals surface area contributed by atoms with Crippen molar-refractivity contribution in [2.75, 3.05) is 13.2 Å². The van der Waals surface area contributed by atoms with Crippen LogP contribution in [0.4, 0.5) is 13.2 Å². The van der Waals surface area contributed by atoms with Crippen LogP contribution in [0.5, 0.6) is 0 Å². The molecule has 4 nitrogen and oxygen atoms in total. The van der Waals surface area contributed by atoms with Gasteiger partial charge in [0.2, 0.25) is 5.91 Å². The Kier molecular flexibility index (Phi) is 3.77. The molecule has 2 N–H and O–H groups in total. The van der Waals surface area contributed by atoms with Gasteiger partial charge < -0.3 is 5.11 Å². The van der Waals surface area contributed by atoms with E-state index < -0.39 is 17.8 Å². The molecule has 0 spiro atoms. The highest BCUT2D eigenvalue weighted by atomic mass is 19.4. The van der Waals surface area contributed by atoms with Crippen LogP contribution in [0.3, 0.4) is 0 Å². The summed E-state index contributed by atoms with van der Waals surface area (Å²) in [6.45, 7) is -0.159. The minimum atomic E-state index is -4.47. The predicted molar refractivity (Wildman–Crippen MR) is 60.7 cm³/mol. The van der Waals surface area contributed by atoms with Crippen LogP contribution < -0.4 is 5.43 Å². The summed E-state index contributed by atoms with van der Waals surface area (Å²) in [7, 11) is 0. The van der Waals surface area contributed by atoms with E-state index in [0.717, 1.165) is 6.07 Å². The maximum absolute atomic E-state index is 12.9. The lowest BCUT2D eigenvalue weighted by atomic mass is 9.98. The summed E-state index contributed by atoms with van der Waals surface area (Å²) in [5.74, 6) is -0.351. The summed E-state index contributed by atoms with van der Waals surface area (Å²) in [6, 6.07) is 4.46. The topological polar surface area (TPSA) is 52.6 Å². The maximum atomic E-state index is 12.9. The first-order valence-corrected chi connectivity index (χ1v) is 5.76. The Balaban J connectivity index is 2.38. The minimum absolute atomic E-state index is 0.0433. The van der Waals surface area contributed by atoms with Gasteiger partial charge in [0.05, 0.1) is 18.2 Å². The molecule has 1 aliphatic rings. The van der Waals surface area contributed by atoms with E-state index in [9.17, 15) is 18.0 Å². The molecule has 0 aromatic heterocycles. The summed E-state index contributed by atoms with van der Waals surface area (Å²) in [4.78, 5) is 11.4. The average Bonchev–Trinajstić information content (AvgIpc) is 2.70. The fourth-order valence-corrected chi connectivity index (χ4v) is 2.21. The molecule has 1 heterocycles. The number of nitrogens with zero attached hydrogens (tertiary/aromatic N) is 1. The van der Waals surface area contributed by atoms with Gasteiger partial charge in [0.25, 0.3) is 0 Å². The zero-order valence-electron chi connectivity index (χ0n) is 9.94. The third kappa shape index (κ3) is 2.87. The molecular weight excluding hydrogens is 261 g/mol. The van der Waals surface area contributed by atoms with E-state index in [1.165, 1.54) is 23.2 Å². The lowest BCUT2D eigenvalue weighted by Gasteiger charge is -2.25. The molecule has 19 heavy (non-hydrogen) atoms. The number of carbonyl (C=O) groups excluding carboxylic acids is 1. The number of halogens is 3. The molecule has 1 fully saturated rings. The fourth-order valence-electron chi connectivity index (χ4n) is 2.21. The highest BCUT2D eigenvalue weighted by Crippen LogP contribution is 2.38. The Morgan fingerprint density at radius 1 is 1.37 bits per heavy atom. The lowest BCUT2D eigenvalue weighted by molar-refractivity contribution is -0.138. The van der Waals surface area contributed by atoms with Gasteiger partial charge >= 0.3 is 6.18 Å². The second kappa shape index (κ2) is 5.18. The van der Waals surface area contributed by atoms with Crippen LogP contribution in [0.1, 0.15) is 23.6 Å².